The molecule has 0 aliphatic heterocycles. The van der Waals surface area contributed by atoms with Gasteiger partial charge in [-0.2, -0.15) is 0 Å². The maximum Gasteiger partial charge on any atom is 0.0271 e. The monoisotopic (exact) mass is 263 g/mol. The van der Waals surface area contributed by atoms with E-state index < -0.39 is 0 Å². The van der Waals surface area contributed by atoms with Gasteiger partial charge >= 0.3 is 0 Å². The van der Waals surface area contributed by atoms with E-state index in [-0.39, 0.29) is 0 Å². The Morgan fingerprint density at radius 2 is 1.89 bits per heavy atom. The highest BCUT2D eigenvalue weighted by Crippen LogP contribution is 2.22. The Morgan fingerprint density at radius 3 is 2.42 bits per heavy atom. The number of hydrogen-bond acceptors (Lipinski definition) is 3. The molecule has 0 aliphatic carbocycles. The molecule has 108 valence electrons. The van der Waals surface area contributed by atoms with Crippen LogP contribution in [0.3, 0.4) is 0 Å². The van der Waals surface area contributed by atoms with Crippen molar-refractivity contribution < 1.29 is 0 Å². The number of aromatic nitrogens is 1. The lowest BCUT2D eigenvalue weighted by atomic mass is 9.86. The molecule has 1 aromatic heterocycles. The van der Waals surface area contributed by atoms with Crippen LogP contribution in [0.4, 0.5) is 0 Å². The molecule has 1 heterocycles. The Kier molecular flexibility index (Phi) is 7.03. The first-order chi connectivity index (χ1) is 9.13. The maximum absolute atomic E-state index is 4.08. The highest BCUT2D eigenvalue weighted by Gasteiger charge is 2.24. The largest absolute Gasteiger partial charge is 0.316 e. The molecule has 0 aromatic carbocycles. The van der Waals surface area contributed by atoms with Crippen LogP contribution in [-0.2, 0) is 6.54 Å². The van der Waals surface area contributed by atoms with E-state index in [9.17, 15) is 0 Å². The van der Waals surface area contributed by atoms with Crippen molar-refractivity contribution in [3.63, 3.8) is 0 Å². The Hall–Kier alpha value is -0.930. The topological polar surface area (TPSA) is 28.2 Å². The second kappa shape index (κ2) is 8.28. The molecule has 0 aliphatic rings. The van der Waals surface area contributed by atoms with Crippen molar-refractivity contribution >= 4 is 0 Å². The van der Waals surface area contributed by atoms with E-state index in [1.54, 1.807) is 0 Å². The summed E-state index contributed by atoms with van der Waals surface area (Å²) < 4.78 is 0. The smallest absolute Gasteiger partial charge is 0.0271 e. The second-order valence-corrected chi connectivity index (χ2v) is 5.60. The molecule has 0 saturated carbocycles. The van der Waals surface area contributed by atoms with Gasteiger partial charge < -0.3 is 5.32 Å². The predicted octanol–water partition coefficient (Wildman–Crippen LogP) is 2.93. The fourth-order valence-corrected chi connectivity index (χ4v) is 2.29. The molecule has 0 fully saturated rings. The third-order valence-corrected chi connectivity index (χ3v) is 3.86. The average Bonchev–Trinajstić information content (AvgIpc) is 2.45. The van der Waals surface area contributed by atoms with Crippen LogP contribution in [0.1, 0.15) is 39.7 Å². The van der Waals surface area contributed by atoms with Crippen LogP contribution >= 0.6 is 0 Å². The molecular formula is C16H29N3. The summed E-state index contributed by atoms with van der Waals surface area (Å²) >= 11 is 0. The highest BCUT2D eigenvalue weighted by atomic mass is 15.1. The van der Waals surface area contributed by atoms with E-state index in [0.29, 0.717) is 5.41 Å². The van der Waals surface area contributed by atoms with Crippen LogP contribution in [0.15, 0.2) is 24.5 Å². The Morgan fingerprint density at radius 1 is 1.21 bits per heavy atom. The van der Waals surface area contributed by atoms with Gasteiger partial charge in [0.05, 0.1) is 0 Å². The van der Waals surface area contributed by atoms with Crippen LogP contribution in [0.25, 0.3) is 0 Å². The van der Waals surface area contributed by atoms with Crippen molar-refractivity contribution in [2.24, 2.45) is 5.41 Å². The second-order valence-electron chi connectivity index (χ2n) is 5.60. The molecule has 0 spiro atoms. The normalized spacial score (nSPS) is 14.6. The molecule has 1 atom stereocenters. The zero-order valence-corrected chi connectivity index (χ0v) is 12.9. The summed E-state index contributed by atoms with van der Waals surface area (Å²) in [6.07, 6.45) is 4.95. The lowest BCUT2D eigenvalue weighted by Gasteiger charge is -2.34. The highest BCUT2D eigenvalue weighted by molar-refractivity contribution is 5.09. The van der Waals surface area contributed by atoms with Crippen molar-refractivity contribution in [1.29, 1.82) is 0 Å². The average molecular weight is 263 g/mol. The molecule has 0 bridgehead atoms. The van der Waals surface area contributed by atoms with Gasteiger partial charge in [-0.05, 0) is 42.6 Å². The van der Waals surface area contributed by atoms with Crippen LogP contribution in [0.5, 0.6) is 0 Å². The Bertz CT molecular complexity index is 339. The van der Waals surface area contributed by atoms with Gasteiger partial charge in [0.1, 0.15) is 0 Å². The van der Waals surface area contributed by atoms with Gasteiger partial charge in [-0.25, -0.2) is 0 Å². The van der Waals surface area contributed by atoms with Gasteiger partial charge in [0, 0.05) is 32.0 Å². The minimum absolute atomic E-state index is 0.346. The van der Waals surface area contributed by atoms with Crippen LogP contribution in [0, 0.1) is 5.41 Å². The third kappa shape index (κ3) is 5.70. The third-order valence-electron chi connectivity index (χ3n) is 3.86. The zero-order chi connectivity index (χ0) is 14.1. The molecule has 1 rings (SSSR count). The van der Waals surface area contributed by atoms with Crippen molar-refractivity contribution in [1.82, 2.24) is 15.2 Å². The van der Waals surface area contributed by atoms with Gasteiger partial charge in [0.25, 0.3) is 0 Å². The number of pyridine rings is 1. The zero-order valence-electron chi connectivity index (χ0n) is 12.9. The number of nitrogens with one attached hydrogen (secondary N) is 1. The van der Waals surface area contributed by atoms with Crippen LogP contribution < -0.4 is 5.32 Å². The molecule has 1 N–H and O–H groups in total. The van der Waals surface area contributed by atoms with Crippen molar-refractivity contribution in [3.8, 4) is 0 Å². The van der Waals surface area contributed by atoms with Crippen LogP contribution in [-0.4, -0.2) is 36.1 Å². The minimum atomic E-state index is 0.346. The first kappa shape index (κ1) is 16.1. The summed E-state index contributed by atoms with van der Waals surface area (Å²) in [7, 11) is 0. The summed E-state index contributed by atoms with van der Waals surface area (Å²) in [6, 6.07) is 4.21. The van der Waals surface area contributed by atoms with Gasteiger partial charge in [-0.15, -0.1) is 0 Å². The molecule has 3 nitrogen and oxygen atoms in total. The van der Waals surface area contributed by atoms with Crippen molar-refractivity contribution in [2.75, 3.05) is 26.2 Å². The van der Waals surface area contributed by atoms with Crippen molar-refractivity contribution in [2.45, 2.75) is 40.7 Å². The molecule has 0 saturated heterocycles. The molecule has 0 amide bonds. The molecule has 1 unspecified atom stereocenters. The number of nitrogens with zero attached hydrogens (tertiary/aromatic N) is 2. The predicted molar refractivity (Wildman–Crippen MR) is 82.1 cm³/mol. The SMILES string of the molecule is CCNCC(C)(CC)CN(CC)Cc1ccncc1. The van der Waals surface area contributed by atoms with E-state index in [2.05, 4.69) is 55.0 Å². The summed E-state index contributed by atoms with van der Waals surface area (Å²) in [4.78, 5) is 6.61. The minimum Gasteiger partial charge on any atom is -0.316 e. The summed E-state index contributed by atoms with van der Waals surface area (Å²) in [5.74, 6) is 0. The standard InChI is InChI=1S/C16H29N3/c1-5-16(4,13-17-6-2)14-19(7-3)12-15-8-10-18-11-9-15/h8-11,17H,5-7,12-14H2,1-4H3. The number of rotatable bonds is 9. The fraction of sp³-hybridized carbons (Fsp3) is 0.688. The lowest BCUT2D eigenvalue weighted by Crippen LogP contribution is -2.41. The number of hydrogen-bond donors (Lipinski definition) is 1. The Balaban J connectivity index is 2.59. The maximum atomic E-state index is 4.08. The van der Waals surface area contributed by atoms with Gasteiger partial charge in [0.15, 0.2) is 0 Å². The van der Waals surface area contributed by atoms with E-state index in [4.69, 9.17) is 0 Å². The summed E-state index contributed by atoms with van der Waals surface area (Å²) in [5, 5.41) is 3.50. The molecule has 19 heavy (non-hydrogen) atoms. The van der Waals surface area contributed by atoms with E-state index >= 15 is 0 Å². The molecule has 3 heteroatoms. The van der Waals surface area contributed by atoms with E-state index in [1.165, 1.54) is 12.0 Å². The van der Waals surface area contributed by atoms with E-state index in [0.717, 1.165) is 32.7 Å². The Labute approximate surface area is 118 Å². The lowest BCUT2D eigenvalue weighted by molar-refractivity contribution is 0.155. The quantitative estimate of drug-likeness (QED) is 0.742. The summed E-state index contributed by atoms with van der Waals surface area (Å²) in [5.41, 5.74) is 1.69. The van der Waals surface area contributed by atoms with Gasteiger partial charge in [0.2, 0.25) is 0 Å². The van der Waals surface area contributed by atoms with Gasteiger partial charge in [-0.1, -0.05) is 27.7 Å². The van der Waals surface area contributed by atoms with Crippen LogP contribution in [0.2, 0.25) is 0 Å². The van der Waals surface area contributed by atoms with Gasteiger partial charge in [-0.3, -0.25) is 9.88 Å². The molecular weight excluding hydrogens is 234 g/mol. The van der Waals surface area contributed by atoms with E-state index in [1.807, 2.05) is 12.4 Å². The first-order valence-electron chi connectivity index (χ1n) is 7.45. The molecule has 0 radical (unpaired) electrons. The first-order valence-corrected chi connectivity index (χ1v) is 7.45. The van der Waals surface area contributed by atoms with Crippen molar-refractivity contribution in [3.05, 3.63) is 30.1 Å². The summed E-state index contributed by atoms with van der Waals surface area (Å²) in [6.45, 7) is 14.5. The fourth-order valence-electron chi connectivity index (χ4n) is 2.29. The molecule has 1 aromatic rings.